The largest absolute Gasteiger partial charge is 0.507 e. The summed E-state index contributed by atoms with van der Waals surface area (Å²) in [7, 11) is 0. The summed E-state index contributed by atoms with van der Waals surface area (Å²) < 4.78 is 0. The van der Waals surface area contributed by atoms with Crippen molar-refractivity contribution in [2.45, 2.75) is 4.90 Å². The zero-order chi connectivity index (χ0) is 14.5. The fourth-order valence-corrected chi connectivity index (χ4v) is 2.57. The molecule has 0 bridgehead atoms. The number of amides is 1. The summed E-state index contributed by atoms with van der Waals surface area (Å²) in [5.41, 5.74) is 0. The van der Waals surface area contributed by atoms with Gasteiger partial charge in [-0.15, -0.1) is 11.8 Å². The maximum atomic E-state index is 11.8. The molecule has 0 spiro atoms. The SMILES string of the molecule is O=C(CSc1ccccc1O)Nc1ncc(Cl)cc1Cl. The number of phenolic OH excluding ortho intramolecular Hbond substituents is 1. The Balaban J connectivity index is 1.94. The van der Waals surface area contributed by atoms with Crippen molar-refractivity contribution in [1.82, 2.24) is 4.98 Å². The number of carbonyl (C=O) groups is 1. The van der Waals surface area contributed by atoms with Gasteiger partial charge in [-0.25, -0.2) is 4.98 Å². The molecule has 0 aliphatic rings. The van der Waals surface area contributed by atoms with Crippen molar-refractivity contribution in [1.29, 1.82) is 0 Å². The van der Waals surface area contributed by atoms with E-state index in [2.05, 4.69) is 10.3 Å². The first-order chi connectivity index (χ1) is 9.56. The van der Waals surface area contributed by atoms with E-state index in [1.54, 1.807) is 24.3 Å². The van der Waals surface area contributed by atoms with Crippen molar-refractivity contribution in [2.24, 2.45) is 0 Å². The van der Waals surface area contributed by atoms with Crippen LogP contribution in [0.25, 0.3) is 0 Å². The third-order valence-electron chi connectivity index (χ3n) is 2.29. The van der Waals surface area contributed by atoms with Crippen LogP contribution in [0.15, 0.2) is 41.4 Å². The van der Waals surface area contributed by atoms with Crippen LogP contribution in [0.5, 0.6) is 5.75 Å². The van der Waals surface area contributed by atoms with Crippen LogP contribution in [-0.2, 0) is 4.79 Å². The van der Waals surface area contributed by atoms with Crippen molar-refractivity contribution in [2.75, 3.05) is 11.1 Å². The summed E-state index contributed by atoms with van der Waals surface area (Å²) in [4.78, 5) is 16.4. The van der Waals surface area contributed by atoms with E-state index in [4.69, 9.17) is 23.2 Å². The number of halogens is 2. The number of nitrogens with zero attached hydrogens (tertiary/aromatic N) is 1. The molecule has 0 fully saturated rings. The number of anilines is 1. The third-order valence-corrected chi connectivity index (χ3v) is 3.85. The van der Waals surface area contributed by atoms with E-state index in [1.807, 2.05) is 0 Å². The number of pyridine rings is 1. The number of nitrogens with one attached hydrogen (secondary N) is 1. The van der Waals surface area contributed by atoms with Crippen molar-refractivity contribution in [3.05, 3.63) is 46.6 Å². The van der Waals surface area contributed by atoms with Gasteiger partial charge in [0.05, 0.1) is 15.8 Å². The van der Waals surface area contributed by atoms with Crippen LogP contribution < -0.4 is 5.32 Å². The summed E-state index contributed by atoms with van der Waals surface area (Å²) in [6.07, 6.45) is 1.40. The second-order valence-corrected chi connectivity index (χ2v) is 5.65. The minimum absolute atomic E-state index is 0.137. The molecule has 0 aliphatic carbocycles. The first-order valence-corrected chi connectivity index (χ1v) is 7.32. The molecule has 0 saturated carbocycles. The fourth-order valence-electron chi connectivity index (χ4n) is 1.40. The number of benzene rings is 1. The minimum atomic E-state index is -0.269. The van der Waals surface area contributed by atoms with Gasteiger partial charge in [0.2, 0.25) is 5.91 Å². The van der Waals surface area contributed by atoms with Crippen molar-refractivity contribution in [3.63, 3.8) is 0 Å². The maximum Gasteiger partial charge on any atom is 0.235 e. The number of hydrogen-bond donors (Lipinski definition) is 2. The number of aromatic hydroxyl groups is 1. The lowest BCUT2D eigenvalue weighted by Crippen LogP contribution is -2.15. The predicted molar refractivity (Wildman–Crippen MR) is 81.7 cm³/mol. The van der Waals surface area contributed by atoms with Gasteiger partial charge < -0.3 is 10.4 Å². The molecule has 0 saturated heterocycles. The average Bonchev–Trinajstić information content (AvgIpc) is 2.41. The summed E-state index contributed by atoms with van der Waals surface area (Å²) >= 11 is 12.9. The molecule has 2 N–H and O–H groups in total. The Morgan fingerprint density at radius 3 is 2.80 bits per heavy atom. The fraction of sp³-hybridized carbons (Fsp3) is 0.0769. The monoisotopic (exact) mass is 328 g/mol. The molecular weight excluding hydrogens is 319 g/mol. The highest BCUT2D eigenvalue weighted by Gasteiger charge is 2.09. The summed E-state index contributed by atoms with van der Waals surface area (Å²) in [5, 5.41) is 12.8. The number of aromatic nitrogens is 1. The third kappa shape index (κ3) is 4.03. The highest BCUT2D eigenvalue weighted by Crippen LogP contribution is 2.28. The topological polar surface area (TPSA) is 62.2 Å². The lowest BCUT2D eigenvalue weighted by Gasteiger charge is -2.07. The first-order valence-electron chi connectivity index (χ1n) is 5.58. The lowest BCUT2D eigenvalue weighted by atomic mass is 10.3. The quantitative estimate of drug-likeness (QED) is 0.837. The molecule has 1 heterocycles. The molecule has 7 heteroatoms. The lowest BCUT2D eigenvalue weighted by molar-refractivity contribution is -0.113. The van der Waals surface area contributed by atoms with E-state index in [1.165, 1.54) is 24.0 Å². The molecule has 1 aromatic heterocycles. The van der Waals surface area contributed by atoms with Gasteiger partial charge in [-0.1, -0.05) is 35.3 Å². The van der Waals surface area contributed by atoms with Crippen LogP contribution >= 0.6 is 35.0 Å². The van der Waals surface area contributed by atoms with Gasteiger partial charge in [0.25, 0.3) is 0 Å². The van der Waals surface area contributed by atoms with E-state index >= 15 is 0 Å². The average molecular weight is 329 g/mol. The van der Waals surface area contributed by atoms with Crippen LogP contribution in [0.4, 0.5) is 5.82 Å². The molecule has 2 aromatic rings. The Morgan fingerprint density at radius 2 is 2.10 bits per heavy atom. The van der Waals surface area contributed by atoms with Crippen molar-refractivity contribution >= 4 is 46.7 Å². The van der Waals surface area contributed by atoms with E-state index in [-0.39, 0.29) is 28.3 Å². The Labute approximate surface area is 130 Å². The molecule has 0 unspecified atom stereocenters. The molecular formula is C13H10Cl2N2O2S. The second-order valence-electron chi connectivity index (χ2n) is 3.79. The Hall–Kier alpha value is -1.43. The van der Waals surface area contributed by atoms with Crippen molar-refractivity contribution < 1.29 is 9.90 Å². The van der Waals surface area contributed by atoms with Crippen LogP contribution in [-0.4, -0.2) is 21.8 Å². The Kier molecular flexibility index (Phi) is 5.11. The summed E-state index contributed by atoms with van der Waals surface area (Å²) in [5.74, 6) is 0.278. The van der Waals surface area contributed by atoms with E-state index in [0.29, 0.717) is 9.92 Å². The molecule has 0 radical (unpaired) electrons. The number of carbonyl (C=O) groups excluding carboxylic acids is 1. The summed E-state index contributed by atoms with van der Waals surface area (Å²) in [6.45, 7) is 0. The van der Waals surface area contributed by atoms with Gasteiger partial charge in [-0.3, -0.25) is 4.79 Å². The van der Waals surface area contributed by atoms with Crippen LogP contribution in [0.2, 0.25) is 10.0 Å². The molecule has 20 heavy (non-hydrogen) atoms. The number of hydrogen-bond acceptors (Lipinski definition) is 4. The Morgan fingerprint density at radius 1 is 1.35 bits per heavy atom. The molecule has 104 valence electrons. The van der Waals surface area contributed by atoms with E-state index in [0.717, 1.165) is 0 Å². The molecule has 2 rings (SSSR count). The molecule has 1 aromatic carbocycles. The number of para-hydroxylation sites is 1. The van der Waals surface area contributed by atoms with Crippen LogP contribution in [0.3, 0.4) is 0 Å². The summed E-state index contributed by atoms with van der Waals surface area (Å²) in [6, 6.07) is 8.31. The van der Waals surface area contributed by atoms with E-state index in [9.17, 15) is 9.90 Å². The van der Waals surface area contributed by atoms with Crippen LogP contribution in [0.1, 0.15) is 0 Å². The molecule has 0 aliphatic heterocycles. The molecule has 4 nitrogen and oxygen atoms in total. The highest BCUT2D eigenvalue weighted by atomic mass is 35.5. The van der Waals surface area contributed by atoms with Gasteiger partial charge in [-0.05, 0) is 18.2 Å². The van der Waals surface area contributed by atoms with Gasteiger partial charge in [0.1, 0.15) is 5.75 Å². The standard InChI is InChI=1S/C13H10Cl2N2O2S/c14-8-5-9(15)13(16-6-8)17-12(19)7-20-11-4-2-1-3-10(11)18/h1-6,18H,7H2,(H,16,17,19). The van der Waals surface area contributed by atoms with E-state index < -0.39 is 0 Å². The zero-order valence-corrected chi connectivity index (χ0v) is 12.5. The molecule has 1 amide bonds. The number of thioether (sulfide) groups is 1. The predicted octanol–water partition coefficient (Wildman–Crippen LogP) is 3.82. The maximum absolute atomic E-state index is 11.8. The highest BCUT2D eigenvalue weighted by molar-refractivity contribution is 8.00. The minimum Gasteiger partial charge on any atom is -0.507 e. The van der Waals surface area contributed by atoms with Crippen molar-refractivity contribution in [3.8, 4) is 5.75 Å². The normalized spacial score (nSPS) is 10.3. The number of rotatable bonds is 4. The Bertz CT molecular complexity index is 638. The van der Waals surface area contributed by atoms with Crippen LogP contribution in [0, 0.1) is 0 Å². The second kappa shape index (κ2) is 6.83. The number of phenols is 1. The first kappa shape index (κ1) is 15.0. The van der Waals surface area contributed by atoms with Gasteiger partial charge in [0, 0.05) is 11.1 Å². The van der Waals surface area contributed by atoms with Gasteiger partial charge in [0.15, 0.2) is 5.82 Å². The zero-order valence-electron chi connectivity index (χ0n) is 10.1. The van der Waals surface area contributed by atoms with Gasteiger partial charge >= 0.3 is 0 Å². The smallest absolute Gasteiger partial charge is 0.235 e. The van der Waals surface area contributed by atoms with Gasteiger partial charge in [-0.2, -0.15) is 0 Å². The molecule has 0 atom stereocenters.